The molecular weight excluding hydrogens is 431 g/mol. The molecule has 4 rings (SSSR count). The Morgan fingerprint density at radius 1 is 0.912 bits per heavy atom. The summed E-state index contributed by atoms with van der Waals surface area (Å²) < 4.78 is 18.5. The van der Waals surface area contributed by atoms with Crippen LogP contribution in [0.15, 0.2) is 72.8 Å². The molecule has 3 aromatic rings. The highest BCUT2D eigenvalue weighted by Gasteiger charge is 2.18. The SMILES string of the molecule is O=C(Nc1ccc(CC(=O)N2CCCCC2)c(C#Cc2ccc(F)cc2)c1)Oc1ccccc1. The number of para-hydroxylation sites is 1. The third kappa shape index (κ3) is 6.46. The van der Waals surface area contributed by atoms with E-state index in [4.69, 9.17) is 4.74 Å². The van der Waals surface area contributed by atoms with Gasteiger partial charge in [-0.3, -0.25) is 10.1 Å². The summed E-state index contributed by atoms with van der Waals surface area (Å²) in [5.74, 6) is 6.26. The van der Waals surface area contributed by atoms with Crippen LogP contribution < -0.4 is 10.1 Å². The van der Waals surface area contributed by atoms with Crippen molar-refractivity contribution in [3.05, 3.63) is 95.3 Å². The lowest BCUT2D eigenvalue weighted by atomic mass is 10.0. The van der Waals surface area contributed by atoms with Crippen LogP contribution in [0.4, 0.5) is 14.9 Å². The van der Waals surface area contributed by atoms with Crippen molar-refractivity contribution in [3.63, 3.8) is 0 Å². The van der Waals surface area contributed by atoms with E-state index in [0.29, 0.717) is 22.6 Å². The van der Waals surface area contributed by atoms with Crippen LogP contribution >= 0.6 is 0 Å². The number of nitrogens with zero attached hydrogens (tertiary/aromatic N) is 1. The smallest absolute Gasteiger partial charge is 0.410 e. The van der Waals surface area contributed by atoms with E-state index in [9.17, 15) is 14.0 Å². The zero-order valence-electron chi connectivity index (χ0n) is 18.7. The van der Waals surface area contributed by atoms with E-state index in [-0.39, 0.29) is 18.1 Å². The molecule has 1 saturated heterocycles. The Morgan fingerprint density at radius 2 is 1.65 bits per heavy atom. The van der Waals surface area contributed by atoms with Crippen LogP contribution in [0.2, 0.25) is 0 Å². The summed E-state index contributed by atoms with van der Waals surface area (Å²) in [4.78, 5) is 27.0. The maximum Gasteiger partial charge on any atom is 0.417 e. The van der Waals surface area contributed by atoms with Gasteiger partial charge in [0.2, 0.25) is 5.91 Å². The fourth-order valence-electron chi connectivity index (χ4n) is 3.75. The van der Waals surface area contributed by atoms with Crippen LogP contribution in [-0.2, 0) is 11.2 Å². The topological polar surface area (TPSA) is 58.6 Å². The number of nitrogens with one attached hydrogen (secondary N) is 1. The molecule has 1 N–H and O–H groups in total. The largest absolute Gasteiger partial charge is 0.417 e. The molecule has 0 aliphatic carbocycles. The van der Waals surface area contributed by atoms with Crippen LogP contribution in [0.25, 0.3) is 0 Å². The van der Waals surface area contributed by atoms with Gasteiger partial charge in [-0.2, -0.15) is 0 Å². The van der Waals surface area contributed by atoms with Crippen molar-refractivity contribution in [3.8, 4) is 17.6 Å². The monoisotopic (exact) mass is 456 g/mol. The number of anilines is 1. The number of ether oxygens (including phenoxy) is 1. The van der Waals surface area contributed by atoms with Gasteiger partial charge in [0, 0.05) is 29.9 Å². The van der Waals surface area contributed by atoms with Crippen molar-refractivity contribution in [1.82, 2.24) is 4.90 Å². The van der Waals surface area contributed by atoms with E-state index in [0.717, 1.165) is 37.9 Å². The minimum Gasteiger partial charge on any atom is -0.410 e. The number of benzene rings is 3. The molecule has 1 aliphatic rings. The zero-order chi connectivity index (χ0) is 23.8. The Hall–Kier alpha value is -4.11. The highest BCUT2D eigenvalue weighted by atomic mass is 19.1. The van der Waals surface area contributed by atoms with E-state index < -0.39 is 6.09 Å². The molecule has 1 aliphatic heterocycles. The number of carbonyl (C=O) groups excluding carboxylic acids is 2. The lowest BCUT2D eigenvalue weighted by Crippen LogP contribution is -2.36. The number of piperidine rings is 1. The van der Waals surface area contributed by atoms with Crippen molar-refractivity contribution in [2.45, 2.75) is 25.7 Å². The van der Waals surface area contributed by atoms with Gasteiger partial charge in [-0.25, -0.2) is 9.18 Å². The minimum atomic E-state index is -0.624. The summed E-state index contributed by atoms with van der Waals surface area (Å²) >= 11 is 0. The predicted molar refractivity (Wildman–Crippen MR) is 129 cm³/mol. The summed E-state index contributed by atoms with van der Waals surface area (Å²) in [7, 11) is 0. The molecule has 0 aromatic heterocycles. The minimum absolute atomic E-state index is 0.0636. The number of halogens is 1. The van der Waals surface area contributed by atoms with Gasteiger partial charge in [-0.15, -0.1) is 0 Å². The molecule has 1 fully saturated rings. The first-order valence-corrected chi connectivity index (χ1v) is 11.3. The van der Waals surface area contributed by atoms with Crippen molar-refractivity contribution in [2.24, 2.45) is 0 Å². The van der Waals surface area contributed by atoms with Crippen molar-refractivity contribution in [2.75, 3.05) is 18.4 Å². The van der Waals surface area contributed by atoms with Crippen molar-refractivity contribution >= 4 is 17.7 Å². The standard InChI is InChI=1S/C28H25FN2O3/c29-24-14-10-21(11-15-24)9-12-22-19-25(30-28(33)34-26-7-3-1-4-8-26)16-13-23(22)20-27(32)31-17-5-2-6-18-31/h1,3-4,7-8,10-11,13-16,19H,2,5-6,17-18,20H2,(H,30,33). The summed E-state index contributed by atoms with van der Waals surface area (Å²) in [6.45, 7) is 1.56. The molecule has 34 heavy (non-hydrogen) atoms. The maximum absolute atomic E-state index is 13.2. The maximum atomic E-state index is 13.2. The van der Waals surface area contributed by atoms with Gasteiger partial charge in [-0.1, -0.05) is 36.1 Å². The second kappa shape index (κ2) is 11.2. The molecule has 0 saturated carbocycles. The Labute approximate surface area is 198 Å². The lowest BCUT2D eigenvalue weighted by Gasteiger charge is -2.27. The summed E-state index contributed by atoms with van der Waals surface area (Å²) in [6, 6.07) is 19.9. The molecule has 172 valence electrons. The van der Waals surface area contributed by atoms with Gasteiger partial charge in [-0.05, 0) is 73.4 Å². The molecular formula is C28H25FN2O3. The number of amides is 2. The third-order valence-corrected chi connectivity index (χ3v) is 5.55. The highest BCUT2D eigenvalue weighted by molar-refractivity contribution is 5.87. The number of hydrogen-bond acceptors (Lipinski definition) is 3. The van der Waals surface area contributed by atoms with Crippen LogP contribution in [0.5, 0.6) is 5.75 Å². The molecule has 3 aromatic carbocycles. The predicted octanol–water partition coefficient (Wildman–Crippen LogP) is 5.39. The Morgan fingerprint density at radius 3 is 2.38 bits per heavy atom. The second-order valence-corrected chi connectivity index (χ2v) is 8.07. The van der Waals surface area contributed by atoms with Gasteiger partial charge in [0.05, 0.1) is 6.42 Å². The summed E-state index contributed by atoms with van der Waals surface area (Å²) in [5, 5.41) is 2.71. The van der Waals surface area contributed by atoms with Crippen LogP contribution in [0.1, 0.15) is 36.0 Å². The molecule has 5 nitrogen and oxygen atoms in total. The summed E-state index contributed by atoms with van der Waals surface area (Å²) in [6.07, 6.45) is 2.80. The fourth-order valence-corrected chi connectivity index (χ4v) is 3.75. The number of rotatable bonds is 4. The first-order valence-electron chi connectivity index (χ1n) is 11.3. The second-order valence-electron chi connectivity index (χ2n) is 8.07. The molecule has 2 amide bonds. The Bertz CT molecular complexity index is 1210. The first kappa shape index (κ1) is 23.1. The molecule has 0 unspecified atom stereocenters. The molecule has 0 radical (unpaired) electrons. The van der Waals surface area contributed by atoms with Gasteiger partial charge in [0.25, 0.3) is 0 Å². The Kier molecular flexibility index (Phi) is 7.56. The van der Waals surface area contributed by atoms with E-state index in [2.05, 4.69) is 17.2 Å². The van der Waals surface area contributed by atoms with Gasteiger partial charge in [0.15, 0.2) is 0 Å². The van der Waals surface area contributed by atoms with E-state index in [1.807, 2.05) is 11.0 Å². The number of carbonyl (C=O) groups is 2. The summed E-state index contributed by atoms with van der Waals surface area (Å²) in [5.41, 5.74) is 2.54. The number of hydrogen-bond donors (Lipinski definition) is 1. The number of likely N-dealkylation sites (tertiary alicyclic amines) is 1. The average Bonchev–Trinajstić information content (AvgIpc) is 2.86. The quantitative estimate of drug-likeness (QED) is 0.536. The normalized spacial score (nSPS) is 12.9. The fraction of sp³-hybridized carbons (Fsp3) is 0.214. The van der Waals surface area contributed by atoms with Gasteiger partial charge >= 0.3 is 6.09 Å². The van der Waals surface area contributed by atoms with Crippen molar-refractivity contribution < 1.29 is 18.7 Å². The van der Waals surface area contributed by atoms with Gasteiger partial charge in [0.1, 0.15) is 11.6 Å². The molecule has 6 heteroatoms. The van der Waals surface area contributed by atoms with Crippen LogP contribution in [0.3, 0.4) is 0 Å². The van der Waals surface area contributed by atoms with E-state index in [1.165, 1.54) is 12.1 Å². The molecule has 0 bridgehead atoms. The molecule has 0 spiro atoms. The lowest BCUT2D eigenvalue weighted by molar-refractivity contribution is -0.131. The van der Waals surface area contributed by atoms with E-state index in [1.54, 1.807) is 54.6 Å². The average molecular weight is 457 g/mol. The third-order valence-electron chi connectivity index (χ3n) is 5.55. The van der Waals surface area contributed by atoms with Crippen molar-refractivity contribution in [1.29, 1.82) is 0 Å². The highest BCUT2D eigenvalue weighted by Crippen LogP contribution is 2.19. The first-order chi connectivity index (χ1) is 16.6. The van der Waals surface area contributed by atoms with E-state index >= 15 is 0 Å². The Balaban J connectivity index is 1.55. The van der Waals surface area contributed by atoms with Crippen LogP contribution in [0, 0.1) is 17.7 Å². The zero-order valence-corrected chi connectivity index (χ0v) is 18.7. The van der Waals surface area contributed by atoms with Gasteiger partial charge < -0.3 is 9.64 Å². The molecule has 1 heterocycles. The molecule has 0 atom stereocenters. The van der Waals surface area contributed by atoms with Crippen LogP contribution in [-0.4, -0.2) is 30.0 Å².